The van der Waals surface area contributed by atoms with Crippen molar-refractivity contribution in [2.45, 2.75) is 38.1 Å². The summed E-state index contributed by atoms with van der Waals surface area (Å²) in [6.07, 6.45) is 11.7. The normalized spacial score (nSPS) is 33.1. The maximum Gasteiger partial charge on any atom is 0.0278 e. The predicted octanol–water partition coefficient (Wildman–Crippen LogP) is 2.03. The van der Waals surface area contributed by atoms with Crippen LogP contribution in [-0.2, 0) is 0 Å². The number of hydrogen-bond acceptors (Lipinski definition) is 2. The Morgan fingerprint density at radius 3 is 3.00 bits per heavy atom. The molecule has 1 saturated heterocycles. The third kappa shape index (κ3) is 3.05. The van der Waals surface area contributed by atoms with E-state index in [-0.39, 0.29) is 0 Å². The molecule has 0 aromatic heterocycles. The van der Waals surface area contributed by atoms with Crippen molar-refractivity contribution in [1.82, 2.24) is 10.2 Å². The standard InChI is InChI=1S/C13H24N2/c1-14-10-12-6-5-9-15(11-12)13-7-3-2-4-8-13/h3,7,12-14H,2,4-6,8-11H2,1H3. The summed E-state index contributed by atoms with van der Waals surface area (Å²) in [7, 11) is 2.07. The van der Waals surface area contributed by atoms with E-state index >= 15 is 0 Å². The van der Waals surface area contributed by atoms with Crippen LogP contribution < -0.4 is 5.32 Å². The van der Waals surface area contributed by atoms with Gasteiger partial charge in [-0.3, -0.25) is 4.90 Å². The Kier molecular flexibility index (Phi) is 4.21. The molecule has 1 N–H and O–H groups in total. The molecule has 0 saturated carbocycles. The van der Waals surface area contributed by atoms with Gasteiger partial charge in [0.25, 0.3) is 0 Å². The molecule has 0 aromatic rings. The van der Waals surface area contributed by atoms with Gasteiger partial charge in [-0.05, 0) is 58.2 Å². The smallest absolute Gasteiger partial charge is 0.0278 e. The third-order valence-corrected chi connectivity index (χ3v) is 3.74. The Balaban J connectivity index is 1.85. The molecule has 2 aliphatic rings. The fraction of sp³-hybridized carbons (Fsp3) is 0.846. The SMILES string of the molecule is CNCC1CCCN(C2C=CCCC2)C1. The molecule has 0 bridgehead atoms. The van der Waals surface area contributed by atoms with E-state index in [9.17, 15) is 0 Å². The van der Waals surface area contributed by atoms with Crippen molar-refractivity contribution >= 4 is 0 Å². The molecule has 1 fully saturated rings. The Hall–Kier alpha value is -0.340. The first-order valence-electron chi connectivity index (χ1n) is 6.45. The lowest BCUT2D eigenvalue weighted by molar-refractivity contribution is 0.136. The number of rotatable bonds is 3. The molecule has 86 valence electrons. The lowest BCUT2D eigenvalue weighted by atomic mass is 9.93. The highest BCUT2D eigenvalue weighted by atomic mass is 15.2. The zero-order chi connectivity index (χ0) is 10.5. The number of allylic oxidation sites excluding steroid dienone is 1. The van der Waals surface area contributed by atoms with Crippen molar-refractivity contribution in [2.24, 2.45) is 5.92 Å². The maximum absolute atomic E-state index is 3.32. The second-order valence-corrected chi connectivity index (χ2v) is 4.99. The second-order valence-electron chi connectivity index (χ2n) is 4.99. The third-order valence-electron chi connectivity index (χ3n) is 3.74. The zero-order valence-corrected chi connectivity index (χ0v) is 9.91. The minimum Gasteiger partial charge on any atom is -0.319 e. The quantitative estimate of drug-likeness (QED) is 0.714. The number of nitrogens with one attached hydrogen (secondary N) is 1. The summed E-state index contributed by atoms with van der Waals surface area (Å²) in [5.41, 5.74) is 0. The van der Waals surface area contributed by atoms with E-state index in [0.717, 1.165) is 12.0 Å². The zero-order valence-electron chi connectivity index (χ0n) is 9.91. The topological polar surface area (TPSA) is 15.3 Å². The molecule has 2 rings (SSSR count). The predicted molar refractivity (Wildman–Crippen MR) is 65.0 cm³/mol. The van der Waals surface area contributed by atoms with Gasteiger partial charge < -0.3 is 5.32 Å². The van der Waals surface area contributed by atoms with Crippen LogP contribution in [0.2, 0.25) is 0 Å². The molecule has 1 heterocycles. The first kappa shape index (κ1) is 11.2. The molecule has 1 aliphatic carbocycles. The van der Waals surface area contributed by atoms with Gasteiger partial charge in [-0.25, -0.2) is 0 Å². The van der Waals surface area contributed by atoms with Crippen molar-refractivity contribution < 1.29 is 0 Å². The van der Waals surface area contributed by atoms with Gasteiger partial charge in [0.15, 0.2) is 0 Å². The molecular formula is C13H24N2. The Morgan fingerprint density at radius 2 is 2.27 bits per heavy atom. The van der Waals surface area contributed by atoms with Crippen molar-refractivity contribution in [2.75, 3.05) is 26.7 Å². The van der Waals surface area contributed by atoms with Crippen LogP contribution in [-0.4, -0.2) is 37.6 Å². The number of hydrogen-bond donors (Lipinski definition) is 1. The van der Waals surface area contributed by atoms with E-state index in [1.54, 1.807) is 0 Å². The molecule has 0 amide bonds. The summed E-state index contributed by atoms with van der Waals surface area (Å²) in [6.45, 7) is 3.80. The minimum absolute atomic E-state index is 0.749. The van der Waals surface area contributed by atoms with Gasteiger partial charge in [-0.2, -0.15) is 0 Å². The van der Waals surface area contributed by atoms with Gasteiger partial charge >= 0.3 is 0 Å². The van der Waals surface area contributed by atoms with Crippen molar-refractivity contribution in [3.63, 3.8) is 0 Å². The minimum atomic E-state index is 0.749. The maximum atomic E-state index is 3.32. The average molecular weight is 208 g/mol. The molecule has 0 radical (unpaired) electrons. The Morgan fingerprint density at radius 1 is 1.33 bits per heavy atom. The van der Waals surface area contributed by atoms with Gasteiger partial charge in [0, 0.05) is 12.6 Å². The summed E-state index contributed by atoms with van der Waals surface area (Å²) in [6, 6.07) is 0.749. The molecule has 15 heavy (non-hydrogen) atoms. The van der Waals surface area contributed by atoms with Crippen molar-refractivity contribution in [1.29, 1.82) is 0 Å². The summed E-state index contributed by atoms with van der Waals surface area (Å²) >= 11 is 0. The largest absolute Gasteiger partial charge is 0.319 e. The lowest BCUT2D eigenvalue weighted by Crippen LogP contribution is -2.44. The van der Waals surface area contributed by atoms with E-state index in [4.69, 9.17) is 0 Å². The Labute approximate surface area is 93.7 Å². The van der Waals surface area contributed by atoms with Gasteiger partial charge in [-0.1, -0.05) is 12.2 Å². The van der Waals surface area contributed by atoms with Crippen LogP contribution in [0.3, 0.4) is 0 Å². The highest BCUT2D eigenvalue weighted by molar-refractivity contribution is 4.99. The molecule has 2 unspecified atom stereocenters. The average Bonchev–Trinajstić information content (AvgIpc) is 2.31. The highest BCUT2D eigenvalue weighted by Gasteiger charge is 2.24. The first-order valence-corrected chi connectivity index (χ1v) is 6.45. The van der Waals surface area contributed by atoms with Crippen LogP contribution in [0.15, 0.2) is 12.2 Å². The summed E-state index contributed by atoms with van der Waals surface area (Å²) in [5.74, 6) is 0.874. The number of nitrogens with zero attached hydrogens (tertiary/aromatic N) is 1. The highest BCUT2D eigenvalue weighted by Crippen LogP contribution is 2.23. The molecule has 2 atom stereocenters. The molecule has 2 nitrogen and oxygen atoms in total. The van der Waals surface area contributed by atoms with Crippen LogP contribution in [0, 0.1) is 5.92 Å². The fourth-order valence-electron chi connectivity index (χ4n) is 2.95. The van der Waals surface area contributed by atoms with Crippen molar-refractivity contribution in [3.8, 4) is 0 Å². The Bertz CT molecular complexity index is 211. The summed E-state index contributed by atoms with van der Waals surface area (Å²) in [4.78, 5) is 2.70. The molecule has 0 aromatic carbocycles. The van der Waals surface area contributed by atoms with E-state index < -0.39 is 0 Å². The number of likely N-dealkylation sites (tertiary alicyclic amines) is 1. The van der Waals surface area contributed by atoms with Gasteiger partial charge in [-0.15, -0.1) is 0 Å². The van der Waals surface area contributed by atoms with Crippen LogP contribution in [0.25, 0.3) is 0 Å². The van der Waals surface area contributed by atoms with Crippen molar-refractivity contribution in [3.05, 3.63) is 12.2 Å². The second kappa shape index (κ2) is 5.66. The van der Waals surface area contributed by atoms with E-state index in [0.29, 0.717) is 0 Å². The summed E-state index contributed by atoms with van der Waals surface area (Å²) < 4.78 is 0. The van der Waals surface area contributed by atoms with E-state index in [1.807, 2.05) is 0 Å². The van der Waals surface area contributed by atoms with Crippen LogP contribution in [0.4, 0.5) is 0 Å². The van der Waals surface area contributed by atoms with Gasteiger partial charge in [0.1, 0.15) is 0 Å². The van der Waals surface area contributed by atoms with Gasteiger partial charge in [0.05, 0.1) is 0 Å². The molecular weight excluding hydrogens is 184 g/mol. The summed E-state index contributed by atoms with van der Waals surface area (Å²) in [5, 5.41) is 3.32. The molecule has 0 spiro atoms. The fourth-order valence-corrected chi connectivity index (χ4v) is 2.95. The monoisotopic (exact) mass is 208 g/mol. The molecule has 1 aliphatic heterocycles. The van der Waals surface area contributed by atoms with Crippen LogP contribution in [0.5, 0.6) is 0 Å². The molecule has 2 heteroatoms. The van der Waals surface area contributed by atoms with Crippen LogP contribution in [0.1, 0.15) is 32.1 Å². The lowest BCUT2D eigenvalue weighted by Gasteiger charge is -2.38. The first-order chi connectivity index (χ1) is 7.40. The van der Waals surface area contributed by atoms with Gasteiger partial charge in [0.2, 0.25) is 0 Å². The van der Waals surface area contributed by atoms with E-state index in [2.05, 4.69) is 29.4 Å². The van der Waals surface area contributed by atoms with Crippen LogP contribution >= 0.6 is 0 Å². The number of piperidine rings is 1. The van der Waals surface area contributed by atoms with E-state index in [1.165, 1.54) is 51.7 Å².